The second-order valence-corrected chi connectivity index (χ2v) is 5.41. The number of halogens is 1. The van der Waals surface area contributed by atoms with Crippen LogP contribution in [0.15, 0.2) is 42.6 Å². The molecule has 0 saturated heterocycles. The van der Waals surface area contributed by atoms with Gasteiger partial charge in [0.2, 0.25) is 0 Å². The van der Waals surface area contributed by atoms with E-state index in [0.717, 1.165) is 27.8 Å². The van der Waals surface area contributed by atoms with Gasteiger partial charge in [0.25, 0.3) is 5.91 Å². The van der Waals surface area contributed by atoms with Crippen LogP contribution in [0.2, 0.25) is 5.02 Å². The van der Waals surface area contributed by atoms with Gasteiger partial charge in [-0.15, -0.1) is 0 Å². The Morgan fingerprint density at radius 1 is 1.19 bits per heavy atom. The van der Waals surface area contributed by atoms with Gasteiger partial charge >= 0.3 is 0 Å². The van der Waals surface area contributed by atoms with Crippen molar-refractivity contribution in [2.24, 2.45) is 0 Å². The molecular weight excluding hydrogens is 288 g/mol. The standard InChI is InChI=1S/C15H11ClN4O/c16-9-1-3-13-11(6-9)14(15(21)19-13)18-10-2-4-12-8(5-10)7-17-20-12/h1-7,14,18H,(H,17,20)(H,19,21). The van der Waals surface area contributed by atoms with Crippen LogP contribution < -0.4 is 10.6 Å². The van der Waals surface area contributed by atoms with Crippen molar-refractivity contribution in [2.75, 3.05) is 10.6 Å². The summed E-state index contributed by atoms with van der Waals surface area (Å²) < 4.78 is 0. The molecule has 0 spiro atoms. The molecule has 2 heterocycles. The van der Waals surface area contributed by atoms with E-state index in [9.17, 15) is 4.79 Å². The molecule has 3 aromatic rings. The first-order valence-electron chi connectivity index (χ1n) is 6.51. The fraction of sp³-hybridized carbons (Fsp3) is 0.0667. The molecular formula is C15H11ClN4O. The second kappa shape index (κ2) is 4.49. The SMILES string of the molecule is O=C1Nc2ccc(Cl)cc2C1Nc1ccc2[nH]ncc2c1. The lowest BCUT2D eigenvalue weighted by atomic mass is 10.1. The van der Waals surface area contributed by atoms with Crippen molar-refractivity contribution in [3.05, 3.63) is 53.2 Å². The average molecular weight is 299 g/mol. The Morgan fingerprint density at radius 3 is 3.00 bits per heavy atom. The summed E-state index contributed by atoms with van der Waals surface area (Å²) in [5, 5.41) is 14.6. The molecule has 1 aromatic heterocycles. The van der Waals surface area contributed by atoms with Gasteiger partial charge in [-0.05, 0) is 36.4 Å². The number of nitrogens with one attached hydrogen (secondary N) is 3. The molecule has 0 bridgehead atoms. The highest BCUT2D eigenvalue weighted by Gasteiger charge is 2.30. The van der Waals surface area contributed by atoms with Gasteiger partial charge in [0.05, 0.1) is 11.7 Å². The number of rotatable bonds is 2. The van der Waals surface area contributed by atoms with Gasteiger partial charge in [-0.2, -0.15) is 5.10 Å². The molecule has 0 fully saturated rings. The van der Waals surface area contributed by atoms with Gasteiger partial charge in [-0.3, -0.25) is 9.89 Å². The van der Waals surface area contributed by atoms with E-state index in [1.165, 1.54) is 0 Å². The van der Waals surface area contributed by atoms with Crippen LogP contribution in [0.1, 0.15) is 11.6 Å². The minimum absolute atomic E-state index is 0.0837. The van der Waals surface area contributed by atoms with Crippen LogP contribution in [-0.2, 0) is 4.79 Å². The highest BCUT2D eigenvalue weighted by Crippen LogP contribution is 2.35. The fourth-order valence-corrected chi connectivity index (χ4v) is 2.76. The lowest BCUT2D eigenvalue weighted by Gasteiger charge is -2.13. The van der Waals surface area contributed by atoms with Crippen molar-refractivity contribution in [3.63, 3.8) is 0 Å². The van der Waals surface area contributed by atoms with E-state index in [4.69, 9.17) is 11.6 Å². The van der Waals surface area contributed by atoms with E-state index in [1.807, 2.05) is 30.3 Å². The first-order chi connectivity index (χ1) is 10.2. The molecule has 6 heteroatoms. The topological polar surface area (TPSA) is 69.8 Å². The Bertz CT molecular complexity index is 858. The van der Waals surface area contributed by atoms with E-state index >= 15 is 0 Å². The molecule has 1 unspecified atom stereocenters. The molecule has 1 atom stereocenters. The largest absolute Gasteiger partial charge is 0.370 e. The number of carbonyl (C=O) groups is 1. The van der Waals surface area contributed by atoms with Crippen molar-refractivity contribution in [3.8, 4) is 0 Å². The number of H-pyrrole nitrogens is 1. The van der Waals surface area contributed by atoms with E-state index in [2.05, 4.69) is 20.8 Å². The predicted octanol–water partition coefficient (Wildman–Crippen LogP) is 3.32. The molecule has 1 aliphatic rings. The van der Waals surface area contributed by atoms with Crippen molar-refractivity contribution < 1.29 is 4.79 Å². The van der Waals surface area contributed by atoms with Crippen molar-refractivity contribution in [2.45, 2.75) is 6.04 Å². The van der Waals surface area contributed by atoms with Crippen LogP contribution in [0.25, 0.3) is 10.9 Å². The molecule has 104 valence electrons. The summed E-state index contributed by atoms with van der Waals surface area (Å²) in [6, 6.07) is 10.7. The zero-order chi connectivity index (χ0) is 14.4. The summed E-state index contributed by atoms with van der Waals surface area (Å²) in [6.45, 7) is 0. The van der Waals surface area contributed by atoms with Crippen LogP contribution in [-0.4, -0.2) is 16.1 Å². The first-order valence-corrected chi connectivity index (χ1v) is 6.88. The number of hydrogen-bond acceptors (Lipinski definition) is 3. The lowest BCUT2D eigenvalue weighted by Crippen LogP contribution is -2.19. The molecule has 0 radical (unpaired) electrons. The third kappa shape index (κ3) is 2.02. The summed E-state index contributed by atoms with van der Waals surface area (Å²) >= 11 is 6.02. The summed E-state index contributed by atoms with van der Waals surface area (Å²) in [4.78, 5) is 12.1. The number of nitrogens with zero attached hydrogens (tertiary/aromatic N) is 1. The third-order valence-corrected chi connectivity index (χ3v) is 3.83. The molecule has 1 aliphatic heterocycles. The second-order valence-electron chi connectivity index (χ2n) is 4.97. The number of fused-ring (bicyclic) bond motifs is 2. The first kappa shape index (κ1) is 12.2. The molecule has 5 nitrogen and oxygen atoms in total. The maximum atomic E-state index is 12.1. The monoisotopic (exact) mass is 298 g/mol. The highest BCUT2D eigenvalue weighted by molar-refractivity contribution is 6.31. The van der Waals surface area contributed by atoms with Gasteiger partial charge in [0.1, 0.15) is 6.04 Å². The number of aromatic nitrogens is 2. The van der Waals surface area contributed by atoms with Gasteiger partial charge in [0.15, 0.2) is 0 Å². The number of benzene rings is 2. The summed E-state index contributed by atoms with van der Waals surface area (Å²) in [7, 11) is 0. The molecule has 0 aliphatic carbocycles. The molecule has 3 N–H and O–H groups in total. The van der Waals surface area contributed by atoms with Gasteiger partial charge in [-0.25, -0.2) is 0 Å². The number of aromatic amines is 1. The van der Waals surface area contributed by atoms with E-state index in [0.29, 0.717) is 5.02 Å². The summed E-state index contributed by atoms with van der Waals surface area (Å²) in [5.41, 5.74) is 3.47. The number of hydrogen-bond donors (Lipinski definition) is 3. The maximum Gasteiger partial charge on any atom is 0.251 e. The van der Waals surface area contributed by atoms with Gasteiger partial charge in [-0.1, -0.05) is 11.6 Å². The lowest BCUT2D eigenvalue weighted by molar-refractivity contribution is -0.116. The number of amides is 1. The Kier molecular flexibility index (Phi) is 2.62. The minimum Gasteiger partial charge on any atom is -0.370 e. The Morgan fingerprint density at radius 2 is 2.10 bits per heavy atom. The average Bonchev–Trinajstić information content (AvgIpc) is 3.04. The van der Waals surface area contributed by atoms with E-state index < -0.39 is 6.04 Å². The van der Waals surface area contributed by atoms with Crippen LogP contribution in [0.4, 0.5) is 11.4 Å². The zero-order valence-corrected chi connectivity index (χ0v) is 11.6. The number of carbonyl (C=O) groups excluding carboxylic acids is 1. The van der Waals surface area contributed by atoms with Crippen molar-refractivity contribution in [1.29, 1.82) is 0 Å². The van der Waals surface area contributed by atoms with Crippen LogP contribution in [0.5, 0.6) is 0 Å². The predicted molar refractivity (Wildman–Crippen MR) is 82.5 cm³/mol. The normalized spacial score (nSPS) is 16.8. The molecule has 2 aromatic carbocycles. The third-order valence-electron chi connectivity index (χ3n) is 3.60. The summed E-state index contributed by atoms with van der Waals surface area (Å²) in [6.07, 6.45) is 1.75. The van der Waals surface area contributed by atoms with Crippen molar-refractivity contribution in [1.82, 2.24) is 10.2 Å². The van der Waals surface area contributed by atoms with Crippen LogP contribution in [0.3, 0.4) is 0 Å². The van der Waals surface area contributed by atoms with Gasteiger partial charge in [0, 0.05) is 27.3 Å². The van der Waals surface area contributed by atoms with Crippen LogP contribution >= 0.6 is 11.6 Å². The van der Waals surface area contributed by atoms with E-state index in [-0.39, 0.29) is 5.91 Å². The van der Waals surface area contributed by atoms with Gasteiger partial charge < -0.3 is 10.6 Å². The smallest absolute Gasteiger partial charge is 0.251 e. The summed E-state index contributed by atoms with van der Waals surface area (Å²) in [5.74, 6) is -0.0837. The zero-order valence-electron chi connectivity index (χ0n) is 10.9. The Hall–Kier alpha value is -2.53. The Labute approximate surface area is 125 Å². The maximum absolute atomic E-state index is 12.1. The van der Waals surface area contributed by atoms with E-state index in [1.54, 1.807) is 12.3 Å². The highest BCUT2D eigenvalue weighted by atomic mass is 35.5. The molecule has 0 saturated carbocycles. The Balaban J connectivity index is 1.70. The minimum atomic E-state index is -0.442. The number of anilines is 2. The van der Waals surface area contributed by atoms with Crippen molar-refractivity contribution >= 4 is 39.8 Å². The molecule has 21 heavy (non-hydrogen) atoms. The molecule has 1 amide bonds. The fourth-order valence-electron chi connectivity index (χ4n) is 2.57. The van der Waals surface area contributed by atoms with Crippen LogP contribution in [0, 0.1) is 0 Å². The quantitative estimate of drug-likeness (QED) is 0.680. The molecule has 4 rings (SSSR count).